The molecule has 1 N–H and O–H groups in total. The van der Waals surface area contributed by atoms with Crippen molar-refractivity contribution in [3.63, 3.8) is 0 Å². The van der Waals surface area contributed by atoms with E-state index in [4.69, 9.17) is 14.1 Å². The highest BCUT2D eigenvalue weighted by molar-refractivity contribution is 5.97. The number of aryl methyl sites for hydroxylation is 1. The lowest BCUT2D eigenvalue weighted by Gasteiger charge is -2.28. The summed E-state index contributed by atoms with van der Waals surface area (Å²) in [5.41, 5.74) is 14.0. The SMILES string of the molecule is [2H]C([2H])([2H])c1ccc(-c2ccnc(-c3cccc(-c4cccc5c4nc(-c4cc(C(C)(C)C)cc(C(C)(C)C)c4O)n5-c4ccc(C(C)(C)C)cc4-c4ccccc4)c3)c2)cc1. The molecular weight excluding hydrogens is 719 g/mol. The number of para-hydroxylation sites is 1. The Morgan fingerprint density at radius 3 is 1.90 bits per heavy atom. The number of nitrogens with zero attached hydrogens (tertiary/aromatic N) is 3. The highest BCUT2D eigenvalue weighted by Crippen LogP contribution is 2.46. The topological polar surface area (TPSA) is 50.9 Å². The number of phenols is 1. The van der Waals surface area contributed by atoms with E-state index in [2.05, 4.69) is 158 Å². The molecule has 59 heavy (non-hydrogen) atoms. The van der Waals surface area contributed by atoms with E-state index in [1.54, 1.807) is 18.3 Å². The highest BCUT2D eigenvalue weighted by Gasteiger charge is 2.29. The van der Waals surface area contributed by atoms with E-state index in [1.165, 1.54) is 5.56 Å². The van der Waals surface area contributed by atoms with Gasteiger partial charge in [-0.2, -0.15) is 0 Å². The van der Waals surface area contributed by atoms with Crippen molar-refractivity contribution in [3.05, 3.63) is 168 Å². The number of aromatic nitrogens is 3. The smallest absolute Gasteiger partial charge is 0.149 e. The normalized spacial score (nSPS) is 13.3. The first-order chi connectivity index (χ1) is 29.2. The van der Waals surface area contributed by atoms with Gasteiger partial charge in [0, 0.05) is 32.6 Å². The maximum atomic E-state index is 12.4. The Labute approximate surface area is 354 Å². The Morgan fingerprint density at radius 1 is 0.525 bits per heavy atom. The van der Waals surface area contributed by atoms with Crippen molar-refractivity contribution in [2.45, 2.75) is 85.4 Å². The van der Waals surface area contributed by atoms with Gasteiger partial charge in [-0.25, -0.2) is 4.98 Å². The summed E-state index contributed by atoms with van der Waals surface area (Å²) in [6.07, 6.45) is 1.79. The molecule has 0 saturated carbocycles. The number of pyridine rings is 1. The van der Waals surface area contributed by atoms with Crippen molar-refractivity contribution >= 4 is 11.0 Å². The molecular formula is C55H55N3O. The number of hydrogen-bond acceptors (Lipinski definition) is 3. The molecule has 0 atom stereocenters. The molecule has 0 aliphatic carbocycles. The number of aromatic hydroxyl groups is 1. The molecule has 4 heteroatoms. The largest absolute Gasteiger partial charge is 0.507 e. The monoisotopic (exact) mass is 776 g/mol. The minimum Gasteiger partial charge on any atom is -0.507 e. The van der Waals surface area contributed by atoms with Crippen LogP contribution in [0.3, 0.4) is 0 Å². The average molecular weight is 777 g/mol. The predicted molar refractivity (Wildman–Crippen MR) is 249 cm³/mol. The second-order valence-electron chi connectivity index (χ2n) is 18.8. The summed E-state index contributed by atoms with van der Waals surface area (Å²) in [5, 5.41) is 12.4. The lowest BCUT2D eigenvalue weighted by Crippen LogP contribution is -2.17. The standard InChI is InChI=1S/C55H55N3O/c1-35-22-24-36(25-23-35)38-28-29-56-47(31-38)40-19-14-18-39(30-40)43-20-15-21-49-50(43)57-52(45-33-42(54(5,6)7)34-46(51(45)59)55(8,9)10)58(49)48-27-26-41(53(2,3)4)32-44(48)37-16-12-11-13-17-37/h11-34,59H,1-10H3/i1D3. The molecule has 4 nitrogen and oxygen atoms in total. The number of benzene rings is 6. The van der Waals surface area contributed by atoms with Gasteiger partial charge in [0.1, 0.15) is 11.6 Å². The van der Waals surface area contributed by atoms with Crippen molar-refractivity contribution in [2.24, 2.45) is 0 Å². The molecule has 296 valence electrons. The van der Waals surface area contributed by atoms with Crippen molar-refractivity contribution in [1.82, 2.24) is 14.5 Å². The predicted octanol–water partition coefficient (Wildman–Crippen LogP) is 14.7. The average Bonchev–Trinajstić information content (AvgIpc) is 3.62. The van der Waals surface area contributed by atoms with E-state index in [1.807, 2.05) is 36.4 Å². The molecule has 2 aromatic heterocycles. The van der Waals surface area contributed by atoms with Crippen LogP contribution in [0.2, 0.25) is 0 Å². The first-order valence-corrected chi connectivity index (χ1v) is 20.5. The van der Waals surface area contributed by atoms with Crippen LogP contribution < -0.4 is 0 Å². The highest BCUT2D eigenvalue weighted by atomic mass is 16.3. The fourth-order valence-corrected chi connectivity index (χ4v) is 7.89. The maximum Gasteiger partial charge on any atom is 0.149 e. The number of phenolic OH excluding ortho intramolecular Hbond substituents is 1. The Kier molecular flexibility index (Phi) is 9.02. The van der Waals surface area contributed by atoms with Crippen LogP contribution in [0.15, 0.2) is 146 Å². The molecule has 0 amide bonds. The minimum absolute atomic E-state index is 0.0836. The van der Waals surface area contributed by atoms with Crippen LogP contribution in [0.5, 0.6) is 5.75 Å². The zero-order valence-corrected chi connectivity index (χ0v) is 35.6. The van der Waals surface area contributed by atoms with Gasteiger partial charge in [0.2, 0.25) is 0 Å². The Hall–Kier alpha value is -6.26. The minimum atomic E-state index is -2.16. The van der Waals surface area contributed by atoms with Gasteiger partial charge in [-0.15, -0.1) is 0 Å². The molecule has 0 spiro atoms. The first-order valence-electron chi connectivity index (χ1n) is 22.0. The second kappa shape index (κ2) is 14.8. The van der Waals surface area contributed by atoms with Gasteiger partial charge in [0.15, 0.2) is 0 Å². The van der Waals surface area contributed by atoms with Gasteiger partial charge in [-0.1, -0.05) is 165 Å². The van der Waals surface area contributed by atoms with E-state index >= 15 is 0 Å². The third-order valence-corrected chi connectivity index (χ3v) is 11.3. The van der Waals surface area contributed by atoms with Gasteiger partial charge in [0.25, 0.3) is 0 Å². The fourth-order valence-electron chi connectivity index (χ4n) is 7.89. The summed E-state index contributed by atoms with van der Waals surface area (Å²) < 4.78 is 25.6. The Bertz CT molecular complexity index is 2940. The molecule has 6 aromatic carbocycles. The molecule has 0 radical (unpaired) electrons. The third-order valence-electron chi connectivity index (χ3n) is 11.3. The second-order valence-corrected chi connectivity index (χ2v) is 18.8. The Balaban J connectivity index is 1.37. The van der Waals surface area contributed by atoms with Crippen LogP contribution >= 0.6 is 0 Å². The summed E-state index contributed by atoms with van der Waals surface area (Å²) >= 11 is 0. The summed E-state index contributed by atoms with van der Waals surface area (Å²) in [7, 11) is 0. The van der Waals surface area contributed by atoms with Crippen molar-refractivity contribution in [1.29, 1.82) is 0 Å². The van der Waals surface area contributed by atoms with Gasteiger partial charge < -0.3 is 5.11 Å². The Morgan fingerprint density at radius 2 is 1.20 bits per heavy atom. The maximum absolute atomic E-state index is 12.4. The van der Waals surface area contributed by atoms with E-state index < -0.39 is 6.85 Å². The zero-order valence-electron chi connectivity index (χ0n) is 38.6. The molecule has 0 aliphatic rings. The van der Waals surface area contributed by atoms with E-state index in [9.17, 15) is 5.11 Å². The van der Waals surface area contributed by atoms with Crippen LogP contribution in [-0.2, 0) is 16.2 Å². The quantitative estimate of drug-likeness (QED) is 0.183. The molecule has 2 heterocycles. The van der Waals surface area contributed by atoms with Gasteiger partial charge in [-0.3, -0.25) is 9.55 Å². The number of imidazole rings is 1. The fraction of sp³-hybridized carbons (Fsp3) is 0.236. The zero-order chi connectivity index (χ0) is 44.4. The first kappa shape index (κ1) is 35.9. The molecule has 0 bridgehead atoms. The summed E-state index contributed by atoms with van der Waals surface area (Å²) in [5.74, 6) is 0.898. The van der Waals surface area contributed by atoms with E-state index in [0.29, 0.717) is 17.0 Å². The van der Waals surface area contributed by atoms with E-state index in [0.717, 1.165) is 72.5 Å². The van der Waals surface area contributed by atoms with Gasteiger partial charge in [-0.05, 0) is 98.9 Å². The van der Waals surface area contributed by atoms with Gasteiger partial charge in [0.05, 0.1) is 28.0 Å². The number of hydrogen-bond donors (Lipinski definition) is 1. The van der Waals surface area contributed by atoms with Gasteiger partial charge >= 0.3 is 0 Å². The van der Waals surface area contributed by atoms with Crippen LogP contribution in [0, 0.1) is 6.85 Å². The molecule has 8 rings (SSSR count). The van der Waals surface area contributed by atoms with E-state index in [-0.39, 0.29) is 22.0 Å². The van der Waals surface area contributed by atoms with Crippen LogP contribution in [0.25, 0.3) is 72.7 Å². The lowest BCUT2D eigenvalue weighted by atomic mass is 9.79. The molecule has 0 saturated heterocycles. The van der Waals surface area contributed by atoms with Crippen LogP contribution in [0.4, 0.5) is 0 Å². The lowest BCUT2D eigenvalue weighted by molar-refractivity contribution is 0.446. The van der Waals surface area contributed by atoms with Crippen molar-refractivity contribution in [3.8, 4) is 67.5 Å². The summed E-state index contributed by atoms with van der Waals surface area (Å²) in [6, 6.07) is 47.3. The number of fused-ring (bicyclic) bond motifs is 1. The molecule has 0 fully saturated rings. The van der Waals surface area contributed by atoms with Crippen LogP contribution in [0.1, 0.15) is 88.7 Å². The molecule has 8 aromatic rings. The number of rotatable bonds is 6. The van der Waals surface area contributed by atoms with Crippen LogP contribution in [-0.4, -0.2) is 19.6 Å². The molecule has 0 aliphatic heterocycles. The van der Waals surface area contributed by atoms with Crippen molar-refractivity contribution < 1.29 is 9.22 Å². The summed E-state index contributed by atoms with van der Waals surface area (Å²) in [4.78, 5) is 10.4. The summed E-state index contributed by atoms with van der Waals surface area (Å²) in [6.45, 7) is 17.6. The van der Waals surface area contributed by atoms with Crippen molar-refractivity contribution in [2.75, 3.05) is 0 Å². The molecule has 0 unspecified atom stereocenters. The third kappa shape index (κ3) is 7.72.